The van der Waals surface area contributed by atoms with E-state index in [4.69, 9.17) is 15.2 Å². The van der Waals surface area contributed by atoms with Crippen molar-refractivity contribution < 1.29 is 19.1 Å². The van der Waals surface area contributed by atoms with Gasteiger partial charge in [0.05, 0.1) is 34.9 Å². The highest BCUT2D eigenvalue weighted by molar-refractivity contribution is 6.07. The van der Waals surface area contributed by atoms with Gasteiger partial charge in [0.15, 0.2) is 0 Å². The second-order valence-electron chi connectivity index (χ2n) is 7.65. The number of fused-ring (bicyclic) bond motifs is 1. The fraction of sp³-hybridized carbons (Fsp3) is 0.500. The molecule has 1 aromatic carbocycles. The molecule has 1 atom stereocenters. The van der Waals surface area contributed by atoms with Crippen molar-refractivity contribution in [3.05, 3.63) is 29.5 Å². The number of aryl methyl sites for hydroxylation is 1. The summed E-state index contributed by atoms with van der Waals surface area (Å²) in [4.78, 5) is 31.2. The number of nitrogens with two attached hydrogens (primary N) is 1. The molecule has 1 aromatic heterocycles. The smallest absolute Gasteiger partial charge is 0.342 e. The minimum absolute atomic E-state index is 0.0318. The molecule has 1 saturated heterocycles. The van der Waals surface area contributed by atoms with Crippen LogP contribution in [0.3, 0.4) is 0 Å². The molecule has 1 amide bonds. The van der Waals surface area contributed by atoms with Crippen LogP contribution >= 0.6 is 0 Å². The number of likely N-dealkylation sites (tertiary alicyclic amines) is 1. The summed E-state index contributed by atoms with van der Waals surface area (Å²) < 4.78 is 11.3. The molecule has 1 aliphatic heterocycles. The molecular weight excluding hydrogens is 370 g/mol. The van der Waals surface area contributed by atoms with Crippen molar-refractivity contribution >= 4 is 28.5 Å². The molecule has 29 heavy (non-hydrogen) atoms. The van der Waals surface area contributed by atoms with Gasteiger partial charge in [0, 0.05) is 12.5 Å². The molecule has 1 aliphatic rings. The molecule has 0 saturated carbocycles. The normalized spacial score (nSPS) is 16.4. The second-order valence-corrected chi connectivity index (χ2v) is 7.65. The lowest BCUT2D eigenvalue weighted by Crippen LogP contribution is -2.41. The molecule has 0 bridgehead atoms. The molecule has 0 spiro atoms. The van der Waals surface area contributed by atoms with Gasteiger partial charge in [-0.2, -0.15) is 0 Å². The van der Waals surface area contributed by atoms with E-state index in [0.29, 0.717) is 34.6 Å². The van der Waals surface area contributed by atoms with Crippen LogP contribution in [0.4, 0.5) is 5.69 Å². The fourth-order valence-electron chi connectivity index (χ4n) is 3.84. The largest absolute Gasteiger partial charge is 0.491 e. The molecule has 7 nitrogen and oxygen atoms in total. The molecule has 0 aliphatic carbocycles. The van der Waals surface area contributed by atoms with Crippen molar-refractivity contribution in [3.8, 4) is 5.75 Å². The molecule has 156 valence electrons. The van der Waals surface area contributed by atoms with Crippen LogP contribution in [-0.4, -0.2) is 47.6 Å². The minimum Gasteiger partial charge on any atom is -0.491 e. The third-order valence-electron chi connectivity index (χ3n) is 5.26. The zero-order chi connectivity index (χ0) is 21.1. The summed E-state index contributed by atoms with van der Waals surface area (Å²) in [5.41, 5.74) is 8.13. The molecule has 2 aromatic rings. The van der Waals surface area contributed by atoms with E-state index in [-0.39, 0.29) is 30.0 Å². The van der Waals surface area contributed by atoms with Crippen LogP contribution < -0.4 is 10.5 Å². The fourth-order valence-corrected chi connectivity index (χ4v) is 3.84. The highest BCUT2D eigenvalue weighted by atomic mass is 16.5. The van der Waals surface area contributed by atoms with Crippen LogP contribution in [0.2, 0.25) is 0 Å². The number of nitrogens with zero attached hydrogens (tertiary/aromatic N) is 2. The first-order valence-electron chi connectivity index (χ1n) is 10.1. The lowest BCUT2D eigenvalue weighted by atomic mass is 10.1. The number of benzene rings is 1. The Morgan fingerprint density at radius 2 is 2.10 bits per heavy atom. The zero-order valence-corrected chi connectivity index (χ0v) is 17.5. The standard InChI is InChI=1S/C22H29N3O4/c1-5-28-22(27)18-14(4)24-16-9-6-10-17(19(16)20(18)23)29-12-15-8-7-11-25(15)21(26)13(2)3/h6,9-10,13,15H,5,7-8,11-12H2,1-4H3,(H2,23,24)/t15-/m1/s1. The van der Waals surface area contributed by atoms with E-state index in [2.05, 4.69) is 4.98 Å². The average molecular weight is 399 g/mol. The van der Waals surface area contributed by atoms with E-state index >= 15 is 0 Å². The van der Waals surface area contributed by atoms with E-state index in [0.717, 1.165) is 19.4 Å². The third-order valence-corrected chi connectivity index (χ3v) is 5.26. The first kappa shape index (κ1) is 20.9. The topological polar surface area (TPSA) is 94.8 Å². The van der Waals surface area contributed by atoms with Crippen LogP contribution in [0.25, 0.3) is 10.9 Å². The molecule has 3 rings (SSSR count). The first-order valence-corrected chi connectivity index (χ1v) is 10.1. The molecule has 2 heterocycles. The number of amides is 1. The monoisotopic (exact) mass is 399 g/mol. The number of aromatic nitrogens is 1. The Morgan fingerprint density at radius 1 is 1.34 bits per heavy atom. The zero-order valence-electron chi connectivity index (χ0n) is 17.5. The van der Waals surface area contributed by atoms with Gasteiger partial charge < -0.3 is 20.1 Å². The number of rotatable bonds is 6. The van der Waals surface area contributed by atoms with Crippen LogP contribution in [0, 0.1) is 12.8 Å². The number of anilines is 1. The van der Waals surface area contributed by atoms with Crippen molar-refractivity contribution in [1.82, 2.24) is 9.88 Å². The lowest BCUT2D eigenvalue weighted by molar-refractivity contribution is -0.135. The summed E-state index contributed by atoms with van der Waals surface area (Å²) in [6, 6.07) is 5.53. The van der Waals surface area contributed by atoms with Gasteiger partial charge in [0.2, 0.25) is 5.91 Å². The lowest BCUT2D eigenvalue weighted by Gasteiger charge is -2.26. The van der Waals surface area contributed by atoms with Crippen molar-refractivity contribution in [2.45, 2.75) is 46.6 Å². The van der Waals surface area contributed by atoms with Gasteiger partial charge in [-0.25, -0.2) is 4.79 Å². The second kappa shape index (κ2) is 8.68. The maximum Gasteiger partial charge on any atom is 0.342 e. The van der Waals surface area contributed by atoms with Gasteiger partial charge in [-0.05, 0) is 38.8 Å². The number of hydrogen-bond donors (Lipinski definition) is 1. The number of carbonyl (C=O) groups is 2. The Kier molecular flexibility index (Phi) is 6.25. The summed E-state index contributed by atoms with van der Waals surface area (Å²) in [6.45, 7) is 8.71. The van der Waals surface area contributed by atoms with E-state index in [9.17, 15) is 9.59 Å². The van der Waals surface area contributed by atoms with Crippen molar-refractivity contribution in [1.29, 1.82) is 0 Å². The van der Waals surface area contributed by atoms with E-state index < -0.39 is 5.97 Å². The highest BCUT2D eigenvalue weighted by Crippen LogP contribution is 2.34. The maximum absolute atomic E-state index is 12.4. The predicted octanol–water partition coefficient (Wildman–Crippen LogP) is 3.33. The quantitative estimate of drug-likeness (QED) is 0.749. The van der Waals surface area contributed by atoms with Crippen LogP contribution in [-0.2, 0) is 9.53 Å². The summed E-state index contributed by atoms with van der Waals surface area (Å²) in [5, 5.41) is 0.598. The summed E-state index contributed by atoms with van der Waals surface area (Å²) >= 11 is 0. The van der Waals surface area contributed by atoms with E-state index in [1.165, 1.54) is 0 Å². The van der Waals surface area contributed by atoms with Crippen LogP contribution in [0.5, 0.6) is 5.75 Å². The molecule has 2 N–H and O–H groups in total. The Morgan fingerprint density at radius 3 is 2.79 bits per heavy atom. The predicted molar refractivity (Wildman–Crippen MR) is 112 cm³/mol. The maximum atomic E-state index is 12.4. The van der Waals surface area contributed by atoms with Gasteiger partial charge in [-0.15, -0.1) is 0 Å². The minimum atomic E-state index is -0.490. The molecule has 7 heteroatoms. The summed E-state index contributed by atoms with van der Waals surface area (Å²) in [5.74, 6) is 0.177. The Labute approximate surface area is 171 Å². The van der Waals surface area contributed by atoms with Gasteiger partial charge in [0.1, 0.15) is 17.9 Å². The number of esters is 1. The van der Waals surface area contributed by atoms with Gasteiger partial charge in [-0.1, -0.05) is 19.9 Å². The van der Waals surface area contributed by atoms with Gasteiger partial charge in [-0.3, -0.25) is 9.78 Å². The van der Waals surface area contributed by atoms with Gasteiger partial charge in [0.25, 0.3) is 0 Å². The SMILES string of the molecule is CCOC(=O)c1c(C)nc2cccc(OC[C@H]3CCCN3C(=O)C(C)C)c2c1N. The number of ether oxygens (including phenoxy) is 2. The van der Waals surface area contributed by atoms with Crippen LogP contribution in [0.15, 0.2) is 18.2 Å². The summed E-state index contributed by atoms with van der Waals surface area (Å²) in [6.07, 6.45) is 1.88. The Balaban J connectivity index is 1.91. The average Bonchev–Trinajstić information content (AvgIpc) is 3.14. The molecular formula is C22H29N3O4. The van der Waals surface area contributed by atoms with Crippen molar-refractivity contribution in [3.63, 3.8) is 0 Å². The third kappa shape index (κ3) is 4.13. The van der Waals surface area contributed by atoms with E-state index in [1.54, 1.807) is 13.8 Å². The number of hydrogen-bond acceptors (Lipinski definition) is 6. The van der Waals surface area contributed by atoms with E-state index in [1.807, 2.05) is 36.9 Å². The summed E-state index contributed by atoms with van der Waals surface area (Å²) in [7, 11) is 0. The molecule has 0 radical (unpaired) electrons. The Hall–Kier alpha value is -2.83. The van der Waals surface area contributed by atoms with Crippen molar-refractivity contribution in [2.24, 2.45) is 5.92 Å². The van der Waals surface area contributed by atoms with Crippen molar-refractivity contribution in [2.75, 3.05) is 25.5 Å². The molecule has 1 fully saturated rings. The number of nitrogen functional groups attached to an aromatic ring is 1. The molecule has 0 unspecified atom stereocenters. The highest BCUT2D eigenvalue weighted by Gasteiger charge is 2.30. The first-order chi connectivity index (χ1) is 13.8. The van der Waals surface area contributed by atoms with Gasteiger partial charge >= 0.3 is 5.97 Å². The number of pyridine rings is 1. The van der Waals surface area contributed by atoms with Crippen LogP contribution in [0.1, 0.15) is 49.7 Å². The number of carbonyl (C=O) groups excluding carboxylic acids is 2. The Bertz CT molecular complexity index is 926.